The molecule has 0 heterocycles. The van der Waals surface area contributed by atoms with Crippen molar-refractivity contribution in [3.05, 3.63) is 32.3 Å². The second-order valence-electron chi connectivity index (χ2n) is 7.37. The number of nitrogens with one attached hydrogen (secondary N) is 1. The van der Waals surface area contributed by atoms with Gasteiger partial charge in [-0.15, -0.1) is 0 Å². The lowest BCUT2D eigenvalue weighted by Gasteiger charge is -2.64. The summed E-state index contributed by atoms with van der Waals surface area (Å²) in [7, 11) is 0. The van der Waals surface area contributed by atoms with Crippen LogP contribution in [0.5, 0.6) is 0 Å². The van der Waals surface area contributed by atoms with Crippen LogP contribution in [0.2, 0.25) is 10.0 Å². The number of nitro groups is 1. The molecule has 0 aliphatic heterocycles. The number of alkyl halides is 1. The fourth-order valence-electron chi connectivity index (χ4n) is 4.48. The predicted molar refractivity (Wildman–Crippen MR) is 98.0 cm³/mol. The van der Waals surface area contributed by atoms with Crippen molar-refractivity contribution >= 4 is 56.4 Å². The van der Waals surface area contributed by atoms with E-state index in [-0.39, 0.29) is 43.0 Å². The van der Waals surface area contributed by atoms with Gasteiger partial charge in [0.25, 0.3) is 5.69 Å². The molecule has 5 nitrogen and oxygen atoms in total. The summed E-state index contributed by atoms with van der Waals surface area (Å²) < 4.78 is 0. The van der Waals surface area contributed by atoms with E-state index in [1.165, 1.54) is 6.07 Å². The van der Waals surface area contributed by atoms with E-state index in [1.54, 1.807) is 0 Å². The topological polar surface area (TPSA) is 72.2 Å². The minimum Gasteiger partial charge on any atom is -0.320 e. The van der Waals surface area contributed by atoms with Crippen molar-refractivity contribution in [1.29, 1.82) is 0 Å². The first-order chi connectivity index (χ1) is 11.0. The van der Waals surface area contributed by atoms with Crippen LogP contribution in [0, 0.1) is 26.4 Å². The Hall–Kier alpha value is -0.850. The third-order valence-electron chi connectivity index (χ3n) is 6.46. The Bertz CT molecular complexity index is 770. The molecule has 3 atom stereocenters. The number of carbonyl (C=O) groups excluding carboxylic acids is 1. The molecule has 130 valence electrons. The lowest BCUT2D eigenvalue weighted by atomic mass is 9.43. The number of halogens is 3. The third kappa shape index (κ3) is 1.96. The SMILES string of the molecule is CC12CCC(C(=O)Nc3cc(Cl)c(Cl)cc3[N+](=O)[O-])(C1Br)C2(C)C. The lowest BCUT2D eigenvalue weighted by Crippen LogP contribution is -2.68. The van der Waals surface area contributed by atoms with Crippen molar-refractivity contribution in [3.63, 3.8) is 0 Å². The van der Waals surface area contributed by atoms with Crippen molar-refractivity contribution < 1.29 is 9.72 Å². The molecule has 3 aliphatic carbocycles. The number of carbonyl (C=O) groups is 1. The Kier molecular flexibility index (Phi) is 3.98. The number of hydrogen-bond donors (Lipinski definition) is 1. The molecule has 3 fully saturated rings. The van der Waals surface area contributed by atoms with Gasteiger partial charge in [0, 0.05) is 10.9 Å². The Balaban J connectivity index is 1.98. The van der Waals surface area contributed by atoms with Gasteiger partial charge >= 0.3 is 0 Å². The van der Waals surface area contributed by atoms with Gasteiger partial charge in [0.1, 0.15) is 5.69 Å². The van der Waals surface area contributed by atoms with Crippen molar-refractivity contribution in [1.82, 2.24) is 0 Å². The molecule has 0 saturated heterocycles. The fourth-order valence-corrected chi connectivity index (χ4v) is 6.61. The molecule has 0 spiro atoms. The number of benzene rings is 1. The van der Waals surface area contributed by atoms with Gasteiger partial charge in [-0.25, -0.2) is 0 Å². The second kappa shape index (κ2) is 5.32. The first-order valence-electron chi connectivity index (χ1n) is 7.58. The van der Waals surface area contributed by atoms with E-state index in [9.17, 15) is 14.9 Å². The Morgan fingerprint density at radius 3 is 2.33 bits per heavy atom. The standard InChI is InChI=1S/C16H17BrCl2N2O3/c1-14(2)15(3)4-5-16(14,12(15)17)13(22)20-10-6-8(18)9(19)7-11(10)21(23)24/h6-7,12H,4-5H2,1-3H3,(H,20,22). The van der Waals surface area contributed by atoms with E-state index in [0.29, 0.717) is 0 Å². The van der Waals surface area contributed by atoms with Gasteiger partial charge in [0.15, 0.2) is 0 Å². The molecule has 1 aromatic carbocycles. The monoisotopic (exact) mass is 434 g/mol. The van der Waals surface area contributed by atoms with Crippen LogP contribution in [-0.4, -0.2) is 15.7 Å². The van der Waals surface area contributed by atoms with Gasteiger partial charge in [-0.05, 0) is 29.7 Å². The van der Waals surface area contributed by atoms with Gasteiger partial charge in [0.2, 0.25) is 5.91 Å². The van der Waals surface area contributed by atoms with Crippen molar-refractivity contribution in [2.75, 3.05) is 5.32 Å². The highest BCUT2D eigenvalue weighted by molar-refractivity contribution is 9.09. The van der Waals surface area contributed by atoms with Crippen LogP contribution in [0.1, 0.15) is 33.6 Å². The van der Waals surface area contributed by atoms with Crippen LogP contribution in [0.15, 0.2) is 12.1 Å². The van der Waals surface area contributed by atoms with Crippen molar-refractivity contribution in [3.8, 4) is 0 Å². The summed E-state index contributed by atoms with van der Waals surface area (Å²) in [6.07, 6.45) is 1.68. The smallest absolute Gasteiger partial charge is 0.294 e. The summed E-state index contributed by atoms with van der Waals surface area (Å²) in [4.78, 5) is 23.8. The first kappa shape index (κ1) is 18.0. The molecule has 24 heavy (non-hydrogen) atoms. The quantitative estimate of drug-likeness (QED) is 0.390. The van der Waals surface area contributed by atoms with Gasteiger partial charge in [-0.3, -0.25) is 14.9 Å². The summed E-state index contributed by atoms with van der Waals surface area (Å²) in [6.45, 7) is 6.34. The first-order valence-corrected chi connectivity index (χ1v) is 9.25. The molecule has 1 amide bonds. The molecular weight excluding hydrogens is 419 g/mol. The molecule has 8 heteroatoms. The molecule has 0 radical (unpaired) electrons. The van der Waals surface area contributed by atoms with Crippen LogP contribution < -0.4 is 5.32 Å². The number of nitro benzene ring substituents is 1. The number of rotatable bonds is 3. The fraction of sp³-hybridized carbons (Fsp3) is 0.562. The summed E-state index contributed by atoms with van der Waals surface area (Å²) in [6, 6.07) is 2.49. The lowest BCUT2D eigenvalue weighted by molar-refractivity contribution is -0.383. The van der Waals surface area contributed by atoms with Gasteiger partial charge in [-0.1, -0.05) is 59.9 Å². The van der Waals surface area contributed by atoms with Crippen molar-refractivity contribution in [2.45, 2.75) is 38.4 Å². The van der Waals surface area contributed by atoms with Crippen LogP contribution in [-0.2, 0) is 4.79 Å². The Morgan fingerprint density at radius 2 is 1.88 bits per heavy atom. The summed E-state index contributed by atoms with van der Waals surface area (Å²) in [5.74, 6) is -0.217. The third-order valence-corrected chi connectivity index (χ3v) is 8.98. The summed E-state index contributed by atoms with van der Waals surface area (Å²) >= 11 is 15.5. The zero-order valence-corrected chi connectivity index (χ0v) is 16.5. The highest BCUT2D eigenvalue weighted by atomic mass is 79.9. The Labute approximate surface area is 158 Å². The zero-order chi connectivity index (χ0) is 18.1. The molecule has 1 aromatic rings. The predicted octanol–water partition coefficient (Wildman–Crippen LogP) is 5.43. The molecular formula is C16H17BrCl2N2O3. The average Bonchev–Trinajstić information content (AvgIpc) is 2.90. The van der Waals surface area contributed by atoms with E-state index in [0.717, 1.165) is 18.9 Å². The van der Waals surface area contributed by atoms with Crippen molar-refractivity contribution in [2.24, 2.45) is 16.2 Å². The molecule has 2 bridgehead atoms. The van der Waals surface area contributed by atoms with E-state index in [4.69, 9.17) is 23.2 Å². The highest BCUT2D eigenvalue weighted by Gasteiger charge is 2.80. The summed E-state index contributed by atoms with van der Waals surface area (Å²) in [5.41, 5.74) is -0.957. The molecule has 3 saturated carbocycles. The maximum absolute atomic E-state index is 13.1. The van der Waals surface area contributed by atoms with Gasteiger partial charge in [0.05, 0.1) is 20.4 Å². The van der Waals surface area contributed by atoms with Crippen LogP contribution in [0.25, 0.3) is 0 Å². The number of amides is 1. The van der Waals surface area contributed by atoms with Crippen LogP contribution in [0.3, 0.4) is 0 Å². The molecule has 3 aliphatic rings. The Morgan fingerprint density at radius 1 is 1.29 bits per heavy atom. The maximum Gasteiger partial charge on any atom is 0.294 e. The molecule has 1 N–H and O–H groups in total. The number of anilines is 1. The van der Waals surface area contributed by atoms with E-state index in [1.807, 2.05) is 0 Å². The minimum absolute atomic E-state index is 0.0356. The molecule has 3 unspecified atom stereocenters. The maximum atomic E-state index is 13.1. The molecule has 0 aromatic heterocycles. The largest absolute Gasteiger partial charge is 0.320 e. The number of fused-ring (bicyclic) bond motifs is 1. The zero-order valence-electron chi connectivity index (χ0n) is 13.5. The normalized spacial score (nSPS) is 33.0. The number of hydrogen-bond acceptors (Lipinski definition) is 3. The van der Waals surface area contributed by atoms with Crippen LogP contribution >= 0.6 is 39.1 Å². The summed E-state index contributed by atoms with van der Waals surface area (Å²) in [5, 5.41) is 14.2. The van der Waals surface area contributed by atoms with Gasteiger partial charge < -0.3 is 5.32 Å². The van der Waals surface area contributed by atoms with E-state index >= 15 is 0 Å². The van der Waals surface area contributed by atoms with Crippen LogP contribution in [0.4, 0.5) is 11.4 Å². The van der Waals surface area contributed by atoms with E-state index < -0.39 is 10.3 Å². The number of nitrogens with zero attached hydrogens (tertiary/aromatic N) is 1. The van der Waals surface area contributed by atoms with E-state index in [2.05, 4.69) is 42.0 Å². The average molecular weight is 436 g/mol. The highest BCUT2D eigenvalue weighted by Crippen LogP contribution is 2.79. The molecule has 4 rings (SSSR count). The van der Waals surface area contributed by atoms with Gasteiger partial charge in [-0.2, -0.15) is 0 Å². The minimum atomic E-state index is -0.596. The second-order valence-corrected chi connectivity index (χ2v) is 9.10.